The third-order valence-corrected chi connectivity index (χ3v) is 8.83. The SMILES string of the molecule is O=S(=O)(NCC[C@H]1CC[C@@H](NS(=O)(=O)c2ccccc2Cl)[C@@H](CO)O1)c1ccc(Cl)cc1. The molecule has 32 heavy (non-hydrogen) atoms. The van der Waals surface area contributed by atoms with E-state index in [2.05, 4.69) is 9.44 Å². The molecule has 0 saturated carbocycles. The molecule has 1 saturated heterocycles. The zero-order valence-corrected chi connectivity index (χ0v) is 20.1. The Hall–Kier alpha value is -1.24. The lowest BCUT2D eigenvalue weighted by Gasteiger charge is -2.36. The van der Waals surface area contributed by atoms with Gasteiger partial charge in [0.2, 0.25) is 20.0 Å². The van der Waals surface area contributed by atoms with Gasteiger partial charge in [0.25, 0.3) is 0 Å². The van der Waals surface area contributed by atoms with Crippen LogP contribution in [0.5, 0.6) is 0 Å². The second kappa shape index (κ2) is 10.8. The number of nitrogens with one attached hydrogen (secondary N) is 2. The van der Waals surface area contributed by atoms with Gasteiger partial charge in [0.15, 0.2) is 0 Å². The Morgan fingerprint density at radius 2 is 1.66 bits per heavy atom. The molecule has 0 aromatic heterocycles. The molecule has 8 nitrogen and oxygen atoms in total. The first-order valence-corrected chi connectivity index (χ1v) is 13.6. The summed E-state index contributed by atoms with van der Waals surface area (Å²) in [5, 5.41) is 10.3. The van der Waals surface area contributed by atoms with E-state index in [0.29, 0.717) is 24.3 Å². The molecule has 1 aliphatic heterocycles. The fourth-order valence-corrected chi connectivity index (χ4v) is 6.45. The van der Waals surface area contributed by atoms with Gasteiger partial charge in [-0.25, -0.2) is 26.3 Å². The standard InChI is InChI=1S/C20H24Cl2N2O6S2/c21-14-5-8-16(9-6-14)31(26,27)23-12-11-15-7-10-18(19(13-25)30-15)24-32(28,29)20-4-2-1-3-17(20)22/h1-6,8-9,15,18-19,23-25H,7,10-13H2/t15-,18-,19-/m1/s1. The first kappa shape index (κ1) is 25.4. The maximum Gasteiger partial charge on any atom is 0.242 e. The molecular formula is C20H24Cl2N2O6S2. The highest BCUT2D eigenvalue weighted by Crippen LogP contribution is 2.26. The molecule has 3 rings (SSSR count). The Balaban J connectivity index is 1.55. The molecule has 0 spiro atoms. The molecular weight excluding hydrogens is 499 g/mol. The van der Waals surface area contributed by atoms with Crippen molar-refractivity contribution >= 4 is 43.2 Å². The summed E-state index contributed by atoms with van der Waals surface area (Å²) >= 11 is 11.8. The van der Waals surface area contributed by atoms with Gasteiger partial charge < -0.3 is 9.84 Å². The van der Waals surface area contributed by atoms with Crippen molar-refractivity contribution in [1.29, 1.82) is 0 Å². The molecule has 1 aliphatic rings. The van der Waals surface area contributed by atoms with Crippen LogP contribution in [-0.2, 0) is 24.8 Å². The minimum atomic E-state index is -3.90. The van der Waals surface area contributed by atoms with Crippen molar-refractivity contribution in [2.45, 2.75) is 47.3 Å². The summed E-state index contributed by atoms with van der Waals surface area (Å²) in [5.74, 6) is 0. The number of benzene rings is 2. The highest BCUT2D eigenvalue weighted by atomic mass is 35.5. The summed E-state index contributed by atoms with van der Waals surface area (Å²) < 4.78 is 61.0. The van der Waals surface area contributed by atoms with Gasteiger partial charge in [-0.15, -0.1) is 0 Å². The zero-order chi connectivity index (χ0) is 23.4. The molecule has 12 heteroatoms. The summed E-state index contributed by atoms with van der Waals surface area (Å²) in [4.78, 5) is 0.0610. The van der Waals surface area contributed by atoms with Gasteiger partial charge >= 0.3 is 0 Å². The van der Waals surface area contributed by atoms with Crippen LogP contribution in [0.15, 0.2) is 58.3 Å². The van der Waals surface area contributed by atoms with Crippen LogP contribution in [0.25, 0.3) is 0 Å². The maximum absolute atomic E-state index is 12.7. The third kappa shape index (κ3) is 6.42. The molecule has 0 bridgehead atoms. The van der Waals surface area contributed by atoms with E-state index < -0.39 is 32.2 Å². The van der Waals surface area contributed by atoms with E-state index in [9.17, 15) is 21.9 Å². The highest BCUT2D eigenvalue weighted by molar-refractivity contribution is 7.89. The zero-order valence-electron chi connectivity index (χ0n) is 16.9. The van der Waals surface area contributed by atoms with E-state index in [1.807, 2.05) is 0 Å². The second-order valence-corrected chi connectivity index (χ2v) is 11.6. The van der Waals surface area contributed by atoms with E-state index in [4.69, 9.17) is 27.9 Å². The lowest BCUT2D eigenvalue weighted by atomic mass is 9.98. The number of sulfonamides is 2. The van der Waals surface area contributed by atoms with Gasteiger partial charge in [-0.2, -0.15) is 0 Å². The predicted molar refractivity (Wildman–Crippen MR) is 122 cm³/mol. The first-order chi connectivity index (χ1) is 15.1. The van der Waals surface area contributed by atoms with E-state index >= 15 is 0 Å². The Labute approximate surface area is 198 Å². The second-order valence-electron chi connectivity index (χ2n) is 7.36. The largest absolute Gasteiger partial charge is 0.394 e. The van der Waals surface area contributed by atoms with Crippen LogP contribution in [-0.4, -0.2) is 53.3 Å². The molecule has 2 aromatic carbocycles. The molecule has 2 aromatic rings. The molecule has 1 fully saturated rings. The molecule has 0 unspecified atom stereocenters. The number of aliphatic hydroxyl groups is 1. The van der Waals surface area contributed by atoms with Gasteiger partial charge in [-0.3, -0.25) is 0 Å². The average molecular weight is 523 g/mol. The van der Waals surface area contributed by atoms with Crippen molar-refractivity contribution in [3.63, 3.8) is 0 Å². The molecule has 3 N–H and O–H groups in total. The minimum Gasteiger partial charge on any atom is -0.394 e. The van der Waals surface area contributed by atoms with Crippen LogP contribution >= 0.6 is 23.2 Å². The fraction of sp³-hybridized carbons (Fsp3) is 0.400. The van der Waals surface area contributed by atoms with Gasteiger partial charge in [-0.1, -0.05) is 35.3 Å². The minimum absolute atomic E-state index is 0.0444. The van der Waals surface area contributed by atoms with Crippen LogP contribution in [0.2, 0.25) is 10.0 Å². The normalized spacial score (nSPS) is 22.0. The van der Waals surface area contributed by atoms with Crippen LogP contribution in [0.3, 0.4) is 0 Å². The van der Waals surface area contributed by atoms with Crippen LogP contribution in [0.1, 0.15) is 19.3 Å². The molecule has 0 radical (unpaired) electrons. The highest BCUT2D eigenvalue weighted by Gasteiger charge is 2.34. The van der Waals surface area contributed by atoms with Gasteiger partial charge in [-0.05, 0) is 55.7 Å². The third-order valence-electron chi connectivity index (χ3n) is 5.11. The summed E-state index contributed by atoms with van der Waals surface area (Å²) in [6.45, 7) is -0.257. The van der Waals surface area contributed by atoms with Crippen molar-refractivity contribution < 1.29 is 26.7 Å². The predicted octanol–water partition coefficient (Wildman–Crippen LogP) is 2.55. The summed E-state index contributed by atoms with van der Waals surface area (Å²) in [5.41, 5.74) is 0. The maximum atomic E-state index is 12.7. The van der Waals surface area contributed by atoms with Crippen LogP contribution in [0.4, 0.5) is 0 Å². The number of halogens is 2. The Kier molecular flexibility index (Phi) is 8.56. The van der Waals surface area contributed by atoms with Crippen LogP contribution in [0, 0.1) is 0 Å². The first-order valence-electron chi connectivity index (χ1n) is 9.91. The van der Waals surface area contributed by atoms with Gasteiger partial charge in [0.05, 0.1) is 34.8 Å². The van der Waals surface area contributed by atoms with Gasteiger partial charge in [0, 0.05) is 11.6 Å². The van der Waals surface area contributed by atoms with E-state index in [1.54, 1.807) is 12.1 Å². The summed E-state index contributed by atoms with van der Waals surface area (Å²) in [6, 6.07) is 11.3. The number of hydrogen-bond donors (Lipinski definition) is 3. The van der Waals surface area contributed by atoms with E-state index in [0.717, 1.165) is 0 Å². The molecule has 0 amide bonds. The molecule has 3 atom stereocenters. The van der Waals surface area contributed by atoms with E-state index in [1.165, 1.54) is 36.4 Å². The summed E-state index contributed by atoms with van der Waals surface area (Å²) in [6.07, 6.45) is 0.186. The Bertz CT molecular complexity index is 1130. The lowest BCUT2D eigenvalue weighted by Crippen LogP contribution is -2.51. The van der Waals surface area contributed by atoms with Crippen molar-refractivity contribution in [2.75, 3.05) is 13.2 Å². The van der Waals surface area contributed by atoms with Crippen molar-refractivity contribution in [2.24, 2.45) is 0 Å². The fourth-order valence-electron chi connectivity index (χ4n) is 3.46. The smallest absolute Gasteiger partial charge is 0.242 e. The number of ether oxygens (including phenoxy) is 1. The average Bonchev–Trinajstić information content (AvgIpc) is 2.75. The molecule has 176 valence electrons. The Morgan fingerprint density at radius 1 is 0.969 bits per heavy atom. The number of hydrogen-bond acceptors (Lipinski definition) is 6. The van der Waals surface area contributed by atoms with Crippen LogP contribution < -0.4 is 9.44 Å². The topological polar surface area (TPSA) is 122 Å². The van der Waals surface area contributed by atoms with Gasteiger partial charge in [0.1, 0.15) is 4.90 Å². The number of rotatable bonds is 9. The molecule has 0 aliphatic carbocycles. The lowest BCUT2D eigenvalue weighted by molar-refractivity contribution is -0.0869. The molecule has 1 heterocycles. The number of aliphatic hydroxyl groups excluding tert-OH is 1. The van der Waals surface area contributed by atoms with E-state index in [-0.39, 0.29) is 34.1 Å². The quantitative estimate of drug-likeness (QED) is 0.465. The van der Waals surface area contributed by atoms with Crippen molar-refractivity contribution in [1.82, 2.24) is 9.44 Å². The van der Waals surface area contributed by atoms with Crippen molar-refractivity contribution in [3.05, 3.63) is 58.6 Å². The summed E-state index contributed by atoms with van der Waals surface area (Å²) in [7, 11) is -7.58. The Morgan fingerprint density at radius 3 is 2.31 bits per heavy atom. The van der Waals surface area contributed by atoms with Crippen molar-refractivity contribution in [3.8, 4) is 0 Å². The monoisotopic (exact) mass is 522 g/mol.